The molecule has 2 heterocycles. The molecule has 0 bridgehead atoms. The van der Waals surface area contributed by atoms with Gasteiger partial charge in [-0.2, -0.15) is 10.2 Å². The molecule has 0 aliphatic rings. The number of halogens is 2. The fourth-order valence-corrected chi connectivity index (χ4v) is 3.92. The van der Waals surface area contributed by atoms with Crippen LogP contribution in [0, 0.1) is 0 Å². The van der Waals surface area contributed by atoms with E-state index in [-0.39, 0.29) is 5.02 Å². The first-order valence-corrected chi connectivity index (χ1v) is 10.2. The Kier molecular flexibility index (Phi) is 5.76. The zero-order valence-electron chi connectivity index (χ0n) is 14.9. The first kappa shape index (κ1) is 19.4. The van der Waals surface area contributed by atoms with Gasteiger partial charge in [-0.3, -0.25) is 4.79 Å². The zero-order chi connectivity index (χ0) is 20.2. The van der Waals surface area contributed by atoms with Crippen LogP contribution in [-0.2, 0) is 0 Å². The van der Waals surface area contributed by atoms with Gasteiger partial charge in [0.25, 0.3) is 5.91 Å². The molecule has 29 heavy (non-hydrogen) atoms. The lowest BCUT2D eigenvalue weighted by molar-refractivity contribution is 0.0955. The van der Waals surface area contributed by atoms with Crippen LogP contribution in [0.2, 0.25) is 10.0 Å². The van der Waals surface area contributed by atoms with E-state index in [4.69, 9.17) is 28.3 Å². The lowest BCUT2D eigenvalue weighted by Crippen LogP contribution is -2.18. The normalized spacial score (nSPS) is 11.1. The highest BCUT2D eigenvalue weighted by Gasteiger charge is 2.13. The van der Waals surface area contributed by atoms with Crippen LogP contribution in [0.3, 0.4) is 0 Å². The summed E-state index contributed by atoms with van der Waals surface area (Å²) >= 11 is 13.5. The molecule has 4 aromatic rings. The summed E-state index contributed by atoms with van der Waals surface area (Å²) in [6.07, 6.45) is 3.44. The summed E-state index contributed by atoms with van der Waals surface area (Å²) in [7, 11) is 0. The molecule has 0 atom stereocenters. The van der Waals surface area contributed by atoms with Crippen LogP contribution in [0.15, 0.2) is 77.3 Å². The summed E-state index contributed by atoms with van der Waals surface area (Å²) in [4.78, 5) is 13.3. The molecule has 0 fully saturated rings. The highest BCUT2D eigenvalue weighted by atomic mass is 35.5. The number of carbonyl (C=O) groups excluding carboxylic acids is 1. The molecule has 5 nitrogen and oxygen atoms in total. The molecule has 0 spiro atoms. The van der Waals surface area contributed by atoms with Gasteiger partial charge in [-0.15, -0.1) is 11.3 Å². The van der Waals surface area contributed by atoms with E-state index >= 15 is 0 Å². The number of amides is 1. The van der Waals surface area contributed by atoms with Gasteiger partial charge >= 0.3 is 0 Å². The number of hydrazone groups is 1. The van der Waals surface area contributed by atoms with Crippen molar-refractivity contribution in [3.63, 3.8) is 0 Å². The van der Waals surface area contributed by atoms with Gasteiger partial charge in [-0.05, 0) is 41.8 Å². The van der Waals surface area contributed by atoms with Crippen LogP contribution >= 0.6 is 34.5 Å². The lowest BCUT2D eigenvalue weighted by Gasteiger charge is -2.02. The van der Waals surface area contributed by atoms with Crippen LogP contribution in [0.25, 0.3) is 16.3 Å². The van der Waals surface area contributed by atoms with Crippen molar-refractivity contribution in [3.05, 3.63) is 93.4 Å². The van der Waals surface area contributed by atoms with E-state index in [1.807, 2.05) is 54.0 Å². The minimum Gasteiger partial charge on any atom is -0.267 e. The molecule has 2 aromatic heterocycles. The van der Waals surface area contributed by atoms with Crippen molar-refractivity contribution in [2.24, 2.45) is 5.10 Å². The second-order valence-corrected chi connectivity index (χ2v) is 7.81. The minimum absolute atomic E-state index is 0.265. The van der Waals surface area contributed by atoms with Gasteiger partial charge in [0.1, 0.15) is 5.69 Å². The summed E-state index contributed by atoms with van der Waals surface area (Å²) < 4.78 is 1.79. The quantitative estimate of drug-likeness (QED) is 0.320. The first-order valence-electron chi connectivity index (χ1n) is 8.59. The summed E-state index contributed by atoms with van der Waals surface area (Å²) in [5, 5.41) is 11.5. The Bertz CT molecular complexity index is 1170. The molecule has 0 aliphatic carbocycles. The van der Waals surface area contributed by atoms with Gasteiger partial charge in [0.2, 0.25) is 0 Å². The van der Waals surface area contributed by atoms with E-state index < -0.39 is 5.91 Å². The van der Waals surface area contributed by atoms with E-state index in [1.165, 1.54) is 6.07 Å². The molecule has 2 aromatic carbocycles. The van der Waals surface area contributed by atoms with Gasteiger partial charge in [0.15, 0.2) is 0 Å². The van der Waals surface area contributed by atoms with Crippen molar-refractivity contribution in [1.29, 1.82) is 0 Å². The topological polar surface area (TPSA) is 59.3 Å². The summed E-state index contributed by atoms with van der Waals surface area (Å²) in [6, 6.07) is 18.4. The van der Waals surface area contributed by atoms with E-state index in [2.05, 4.69) is 10.5 Å². The second-order valence-electron chi connectivity index (χ2n) is 6.01. The molecule has 0 saturated carbocycles. The van der Waals surface area contributed by atoms with E-state index in [1.54, 1.807) is 34.4 Å². The average molecular weight is 441 g/mol. The number of thiophene rings is 1. The summed E-state index contributed by atoms with van der Waals surface area (Å²) in [5.74, 6) is -0.420. The molecule has 0 radical (unpaired) electrons. The largest absolute Gasteiger partial charge is 0.272 e. The third-order valence-corrected chi connectivity index (χ3v) is 5.49. The molecule has 0 aliphatic heterocycles. The highest BCUT2D eigenvalue weighted by Crippen LogP contribution is 2.27. The number of carbonyl (C=O) groups is 1. The van der Waals surface area contributed by atoms with E-state index in [9.17, 15) is 4.79 Å². The number of hydrogen-bond donors (Lipinski definition) is 1. The molecule has 1 N–H and O–H groups in total. The van der Waals surface area contributed by atoms with Gasteiger partial charge < -0.3 is 0 Å². The Morgan fingerprint density at radius 1 is 1.10 bits per heavy atom. The predicted molar refractivity (Wildman–Crippen MR) is 118 cm³/mol. The van der Waals surface area contributed by atoms with Gasteiger partial charge in [-0.1, -0.05) is 47.5 Å². The predicted octanol–water partition coefficient (Wildman–Crippen LogP) is 5.67. The number of nitrogens with zero attached hydrogens (tertiary/aromatic N) is 3. The monoisotopic (exact) mass is 440 g/mol. The maximum Gasteiger partial charge on any atom is 0.272 e. The third kappa shape index (κ3) is 4.40. The third-order valence-electron chi connectivity index (χ3n) is 4.06. The number of nitrogens with one attached hydrogen (secondary N) is 1. The maximum atomic E-state index is 12.3. The Balaban J connectivity index is 1.60. The first-order chi connectivity index (χ1) is 14.1. The van der Waals surface area contributed by atoms with Gasteiger partial charge in [0.05, 0.1) is 27.4 Å². The van der Waals surface area contributed by atoms with Gasteiger partial charge in [-0.25, -0.2) is 10.1 Å². The van der Waals surface area contributed by atoms with Gasteiger partial charge in [0, 0.05) is 16.8 Å². The SMILES string of the molecule is O=C(N/N=C\c1cn(-c2ccccc2)nc1-c1cccs1)c1ccc(Cl)cc1Cl. The number of aromatic nitrogens is 2. The Morgan fingerprint density at radius 2 is 1.93 bits per heavy atom. The van der Waals surface area contributed by atoms with Crippen molar-refractivity contribution < 1.29 is 4.79 Å². The van der Waals surface area contributed by atoms with Crippen LogP contribution in [0.5, 0.6) is 0 Å². The molecule has 1 amide bonds. The van der Waals surface area contributed by atoms with Crippen LogP contribution < -0.4 is 5.43 Å². The molecule has 0 unspecified atom stereocenters. The summed E-state index contributed by atoms with van der Waals surface area (Å²) in [5.41, 5.74) is 5.29. The molecule has 8 heteroatoms. The van der Waals surface area contributed by atoms with E-state index in [0.29, 0.717) is 10.6 Å². The maximum absolute atomic E-state index is 12.3. The van der Waals surface area contributed by atoms with Crippen LogP contribution in [-0.4, -0.2) is 21.9 Å². The van der Waals surface area contributed by atoms with Crippen molar-refractivity contribution in [1.82, 2.24) is 15.2 Å². The minimum atomic E-state index is -0.420. The Labute approximate surface area is 181 Å². The molecular weight excluding hydrogens is 427 g/mol. The van der Waals surface area contributed by atoms with Crippen molar-refractivity contribution in [2.45, 2.75) is 0 Å². The Hall–Kier alpha value is -2.93. The highest BCUT2D eigenvalue weighted by molar-refractivity contribution is 7.13. The standard InChI is InChI=1S/C21H14Cl2N4OS/c22-15-8-9-17(18(23)11-15)21(28)25-24-12-14-13-27(16-5-2-1-3-6-16)26-20(14)19-7-4-10-29-19/h1-13H,(H,25,28)/b24-12-. The number of rotatable bonds is 5. The van der Waals surface area contributed by atoms with Crippen LogP contribution in [0.1, 0.15) is 15.9 Å². The smallest absolute Gasteiger partial charge is 0.267 e. The lowest BCUT2D eigenvalue weighted by atomic mass is 10.2. The average Bonchev–Trinajstić information content (AvgIpc) is 3.38. The molecular formula is C21H14Cl2N4OS. The number of hydrogen-bond acceptors (Lipinski definition) is 4. The van der Waals surface area contributed by atoms with Crippen molar-refractivity contribution in [3.8, 4) is 16.3 Å². The van der Waals surface area contributed by atoms with Crippen LogP contribution in [0.4, 0.5) is 0 Å². The number of para-hydroxylation sites is 1. The molecule has 4 rings (SSSR count). The summed E-state index contributed by atoms with van der Waals surface area (Å²) in [6.45, 7) is 0. The second kappa shape index (κ2) is 8.61. The Morgan fingerprint density at radius 3 is 2.66 bits per heavy atom. The molecule has 0 saturated heterocycles. The fourth-order valence-electron chi connectivity index (χ4n) is 2.69. The molecule has 144 valence electrons. The zero-order valence-corrected chi connectivity index (χ0v) is 17.2. The van der Waals surface area contributed by atoms with Crippen molar-refractivity contribution in [2.75, 3.05) is 0 Å². The van der Waals surface area contributed by atoms with Crippen molar-refractivity contribution >= 4 is 46.7 Å². The number of benzene rings is 2. The van der Waals surface area contributed by atoms with E-state index in [0.717, 1.165) is 21.8 Å². The fraction of sp³-hybridized carbons (Fsp3) is 0.